The van der Waals surface area contributed by atoms with Gasteiger partial charge in [-0.05, 0) is 31.0 Å². The fourth-order valence-electron chi connectivity index (χ4n) is 2.87. The van der Waals surface area contributed by atoms with Crippen molar-refractivity contribution in [3.05, 3.63) is 34.5 Å². The fraction of sp³-hybridized carbons (Fsp3) is 0.333. The molecule has 3 rings (SSSR count). The van der Waals surface area contributed by atoms with E-state index < -0.39 is 5.97 Å². The van der Waals surface area contributed by atoms with Crippen molar-refractivity contribution in [2.45, 2.75) is 20.3 Å². The summed E-state index contributed by atoms with van der Waals surface area (Å²) in [5.74, 6) is -0.140. The highest BCUT2D eigenvalue weighted by Crippen LogP contribution is 2.38. The van der Waals surface area contributed by atoms with Crippen LogP contribution in [0.3, 0.4) is 0 Å². The minimum atomic E-state index is -0.950. The van der Waals surface area contributed by atoms with Crippen LogP contribution in [0, 0.1) is 13.8 Å². The molecule has 0 bridgehead atoms. The third kappa shape index (κ3) is 1.78. The minimum absolute atomic E-state index is 0.246. The standard InChI is InChI=1S/C15H16N2O3/c1-8-6-9(2)14-11(7-8)12-10(4-5-20-14)13(15(18)19)17(3)16-12/h6-7H,4-5H2,1-3H3,(H,18,19). The number of carboxylic acids is 1. The van der Waals surface area contributed by atoms with Crippen molar-refractivity contribution in [3.8, 4) is 17.0 Å². The molecule has 1 aromatic carbocycles. The van der Waals surface area contributed by atoms with Gasteiger partial charge in [0.2, 0.25) is 0 Å². The van der Waals surface area contributed by atoms with Gasteiger partial charge in [0.15, 0.2) is 0 Å². The van der Waals surface area contributed by atoms with E-state index in [4.69, 9.17) is 4.74 Å². The van der Waals surface area contributed by atoms with E-state index in [1.807, 2.05) is 19.9 Å². The van der Waals surface area contributed by atoms with Crippen LogP contribution in [0.15, 0.2) is 12.1 Å². The first kappa shape index (κ1) is 12.7. The molecule has 20 heavy (non-hydrogen) atoms. The number of hydrogen-bond donors (Lipinski definition) is 1. The van der Waals surface area contributed by atoms with Crippen molar-refractivity contribution in [2.24, 2.45) is 7.05 Å². The molecule has 5 heteroatoms. The first-order valence-corrected chi connectivity index (χ1v) is 6.52. The Morgan fingerprint density at radius 1 is 1.40 bits per heavy atom. The summed E-state index contributed by atoms with van der Waals surface area (Å²) in [5, 5.41) is 13.8. The molecule has 0 radical (unpaired) electrons. The molecule has 1 N–H and O–H groups in total. The molecule has 104 valence electrons. The van der Waals surface area contributed by atoms with Crippen molar-refractivity contribution >= 4 is 5.97 Å². The highest BCUT2D eigenvalue weighted by Gasteiger charge is 2.27. The van der Waals surface area contributed by atoms with Crippen LogP contribution in [0.2, 0.25) is 0 Å². The van der Waals surface area contributed by atoms with Crippen LogP contribution >= 0.6 is 0 Å². The number of nitrogens with zero attached hydrogens (tertiary/aromatic N) is 2. The summed E-state index contributed by atoms with van der Waals surface area (Å²) in [6, 6.07) is 4.07. The van der Waals surface area contributed by atoms with Crippen molar-refractivity contribution in [3.63, 3.8) is 0 Å². The number of aromatic nitrogens is 2. The molecule has 5 nitrogen and oxygen atoms in total. The molecular weight excluding hydrogens is 256 g/mol. The van der Waals surface area contributed by atoms with E-state index in [2.05, 4.69) is 11.2 Å². The van der Waals surface area contributed by atoms with Crippen LogP contribution in [-0.4, -0.2) is 27.5 Å². The largest absolute Gasteiger partial charge is 0.492 e. The Labute approximate surface area is 116 Å². The Kier molecular flexibility index (Phi) is 2.78. The average Bonchev–Trinajstić information content (AvgIpc) is 2.58. The Bertz CT molecular complexity index is 716. The Morgan fingerprint density at radius 2 is 2.15 bits per heavy atom. The summed E-state index contributed by atoms with van der Waals surface area (Å²) in [6.07, 6.45) is 0.554. The summed E-state index contributed by atoms with van der Waals surface area (Å²) in [5.41, 5.74) is 4.78. The first-order valence-electron chi connectivity index (χ1n) is 6.52. The van der Waals surface area contributed by atoms with E-state index in [1.54, 1.807) is 7.05 Å². The minimum Gasteiger partial charge on any atom is -0.492 e. The highest BCUT2D eigenvalue weighted by molar-refractivity contribution is 5.91. The lowest BCUT2D eigenvalue weighted by Gasteiger charge is -2.11. The van der Waals surface area contributed by atoms with Gasteiger partial charge in [0, 0.05) is 24.6 Å². The van der Waals surface area contributed by atoms with Crippen molar-refractivity contribution in [1.82, 2.24) is 9.78 Å². The third-order valence-electron chi connectivity index (χ3n) is 3.62. The quantitative estimate of drug-likeness (QED) is 0.865. The van der Waals surface area contributed by atoms with E-state index in [0.717, 1.165) is 33.7 Å². The van der Waals surface area contributed by atoms with Gasteiger partial charge in [-0.2, -0.15) is 5.10 Å². The smallest absolute Gasteiger partial charge is 0.354 e. The zero-order valence-corrected chi connectivity index (χ0v) is 11.7. The number of ether oxygens (including phenoxy) is 1. The third-order valence-corrected chi connectivity index (χ3v) is 3.62. The summed E-state index contributed by atoms with van der Waals surface area (Å²) >= 11 is 0. The van der Waals surface area contributed by atoms with Crippen molar-refractivity contribution in [2.75, 3.05) is 6.61 Å². The number of aromatic carboxylic acids is 1. The molecule has 0 unspecified atom stereocenters. The zero-order valence-electron chi connectivity index (χ0n) is 11.7. The number of aryl methyl sites for hydroxylation is 3. The lowest BCUT2D eigenvalue weighted by atomic mass is 9.99. The molecule has 0 saturated heterocycles. The molecule has 0 spiro atoms. The van der Waals surface area contributed by atoms with E-state index in [0.29, 0.717) is 13.0 Å². The molecular formula is C15H16N2O3. The molecule has 0 aliphatic carbocycles. The van der Waals surface area contributed by atoms with Gasteiger partial charge in [-0.1, -0.05) is 6.07 Å². The van der Waals surface area contributed by atoms with E-state index in [-0.39, 0.29) is 5.69 Å². The maximum atomic E-state index is 11.4. The molecule has 1 aromatic heterocycles. The molecule has 0 atom stereocenters. The van der Waals surface area contributed by atoms with Gasteiger partial charge in [0.1, 0.15) is 17.1 Å². The predicted octanol–water partition coefficient (Wildman–Crippen LogP) is 2.34. The SMILES string of the molecule is Cc1cc(C)c2c(c1)-c1nn(C)c(C(=O)O)c1CCO2. The molecule has 2 heterocycles. The number of hydrogen-bond acceptors (Lipinski definition) is 3. The Morgan fingerprint density at radius 3 is 2.85 bits per heavy atom. The lowest BCUT2D eigenvalue weighted by Crippen LogP contribution is -2.10. The monoisotopic (exact) mass is 272 g/mol. The zero-order chi connectivity index (χ0) is 14.4. The predicted molar refractivity (Wildman–Crippen MR) is 74.3 cm³/mol. The van der Waals surface area contributed by atoms with E-state index in [9.17, 15) is 9.90 Å². The van der Waals surface area contributed by atoms with Gasteiger partial charge in [-0.25, -0.2) is 4.79 Å². The lowest BCUT2D eigenvalue weighted by molar-refractivity contribution is 0.0683. The van der Waals surface area contributed by atoms with Gasteiger partial charge in [-0.15, -0.1) is 0 Å². The van der Waals surface area contributed by atoms with Crippen LogP contribution in [0.1, 0.15) is 27.2 Å². The second-order valence-corrected chi connectivity index (χ2v) is 5.16. The van der Waals surface area contributed by atoms with Gasteiger partial charge in [0.05, 0.1) is 6.61 Å². The maximum Gasteiger partial charge on any atom is 0.354 e. The Hall–Kier alpha value is -2.30. The van der Waals surface area contributed by atoms with Gasteiger partial charge in [-0.3, -0.25) is 4.68 Å². The summed E-state index contributed by atoms with van der Waals surface area (Å²) in [7, 11) is 1.67. The Balaban J connectivity index is 2.33. The summed E-state index contributed by atoms with van der Waals surface area (Å²) < 4.78 is 7.25. The van der Waals surface area contributed by atoms with Crippen LogP contribution in [0.25, 0.3) is 11.3 Å². The maximum absolute atomic E-state index is 11.4. The molecule has 0 saturated carbocycles. The average molecular weight is 272 g/mol. The van der Waals surface area contributed by atoms with Gasteiger partial charge >= 0.3 is 5.97 Å². The van der Waals surface area contributed by atoms with E-state index in [1.165, 1.54) is 4.68 Å². The van der Waals surface area contributed by atoms with Crippen LogP contribution < -0.4 is 4.74 Å². The molecule has 2 aromatic rings. The van der Waals surface area contributed by atoms with Crippen molar-refractivity contribution < 1.29 is 14.6 Å². The van der Waals surface area contributed by atoms with E-state index >= 15 is 0 Å². The molecule has 1 aliphatic heterocycles. The number of rotatable bonds is 1. The second kappa shape index (κ2) is 4.37. The fourth-order valence-corrected chi connectivity index (χ4v) is 2.87. The summed E-state index contributed by atoms with van der Waals surface area (Å²) in [4.78, 5) is 11.4. The number of benzene rings is 1. The normalized spacial score (nSPS) is 13.2. The number of fused-ring (bicyclic) bond motifs is 3. The molecule has 0 fully saturated rings. The van der Waals surface area contributed by atoms with Gasteiger partial charge in [0.25, 0.3) is 0 Å². The number of carboxylic acid groups (broad SMARTS) is 1. The summed E-state index contributed by atoms with van der Waals surface area (Å²) in [6.45, 7) is 4.48. The molecule has 0 amide bonds. The first-order chi connectivity index (χ1) is 9.49. The van der Waals surface area contributed by atoms with Crippen LogP contribution in [-0.2, 0) is 13.5 Å². The molecule has 1 aliphatic rings. The van der Waals surface area contributed by atoms with Gasteiger partial charge < -0.3 is 9.84 Å². The second-order valence-electron chi connectivity index (χ2n) is 5.16. The number of carbonyl (C=O) groups is 1. The van der Waals surface area contributed by atoms with Crippen LogP contribution in [0.5, 0.6) is 5.75 Å². The van der Waals surface area contributed by atoms with Crippen molar-refractivity contribution in [1.29, 1.82) is 0 Å². The highest BCUT2D eigenvalue weighted by atomic mass is 16.5. The van der Waals surface area contributed by atoms with Crippen LogP contribution in [0.4, 0.5) is 0 Å². The topological polar surface area (TPSA) is 64.4 Å².